The first-order valence-electron chi connectivity index (χ1n) is 5.32. The molecule has 17 heavy (non-hydrogen) atoms. The van der Waals surface area contributed by atoms with Gasteiger partial charge in [0.25, 0.3) is 0 Å². The molecule has 0 aliphatic carbocycles. The summed E-state index contributed by atoms with van der Waals surface area (Å²) in [5, 5.41) is 8.92. The molecule has 4 heteroatoms. The molecular weight excluding hydrogens is 234 g/mol. The molecule has 0 fully saturated rings. The first kappa shape index (κ1) is 10.3. The molecule has 1 aromatic carbocycles. The molecule has 3 aromatic rings. The third-order valence-electron chi connectivity index (χ3n) is 2.66. The summed E-state index contributed by atoms with van der Waals surface area (Å²) >= 11 is 6.18. The average Bonchev–Trinajstić information content (AvgIpc) is 2.74. The van der Waals surface area contributed by atoms with Gasteiger partial charge in [-0.3, -0.25) is 4.40 Å². The van der Waals surface area contributed by atoms with Gasteiger partial charge in [0.1, 0.15) is 5.15 Å². The molecule has 84 valence electrons. The van der Waals surface area contributed by atoms with Crippen LogP contribution in [0.5, 0.6) is 0 Å². The van der Waals surface area contributed by atoms with Gasteiger partial charge >= 0.3 is 0 Å². The van der Waals surface area contributed by atoms with E-state index in [2.05, 4.69) is 16.3 Å². The molecule has 0 amide bonds. The Morgan fingerprint density at radius 1 is 1.06 bits per heavy atom. The number of hydrogen-bond donors (Lipinski definition) is 0. The van der Waals surface area contributed by atoms with Gasteiger partial charge < -0.3 is 0 Å². The lowest BCUT2D eigenvalue weighted by molar-refractivity contribution is 1.11. The van der Waals surface area contributed by atoms with Crippen molar-refractivity contribution in [1.29, 1.82) is 0 Å². The van der Waals surface area contributed by atoms with Gasteiger partial charge in [-0.05, 0) is 25.1 Å². The third-order valence-corrected chi connectivity index (χ3v) is 2.95. The van der Waals surface area contributed by atoms with Gasteiger partial charge in [-0.15, -0.1) is 10.2 Å². The smallest absolute Gasteiger partial charge is 0.169 e. The Labute approximate surface area is 104 Å². The fourth-order valence-corrected chi connectivity index (χ4v) is 2.11. The summed E-state index contributed by atoms with van der Waals surface area (Å²) in [6.07, 6.45) is 0. The van der Waals surface area contributed by atoms with E-state index in [0.717, 1.165) is 17.0 Å². The number of halogens is 1. The van der Waals surface area contributed by atoms with Crippen LogP contribution in [0.3, 0.4) is 0 Å². The molecule has 0 aliphatic rings. The first-order valence-corrected chi connectivity index (χ1v) is 5.70. The number of aromatic nitrogens is 3. The van der Waals surface area contributed by atoms with Crippen LogP contribution in [-0.4, -0.2) is 14.6 Å². The Morgan fingerprint density at radius 2 is 1.88 bits per heavy atom. The van der Waals surface area contributed by atoms with E-state index < -0.39 is 0 Å². The topological polar surface area (TPSA) is 30.2 Å². The van der Waals surface area contributed by atoms with E-state index in [1.54, 1.807) is 0 Å². The van der Waals surface area contributed by atoms with Crippen LogP contribution in [0.1, 0.15) is 5.56 Å². The molecule has 0 bridgehead atoms. The van der Waals surface area contributed by atoms with Crippen molar-refractivity contribution < 1.29 is 0 Å². The monoisotopic (exact) mass is 243 g/mol. The lowest BCUT2D eigenvalue weighted by Crippen LogP contribution is -1.91. The summed E-state index contributed by atoms with van der Waals surface area (Å²) in [4.78, 5) is 0. The largest absolute Gasteiger partial charge is 0.265 e. The minimum atomic E-state index is 0.615. The summed E-state index contributed by atoms with van der Waals surface area (Å²) in [5.74, 6) is 0.773. The number of nitrogens with zero attached hydrogens (tertiary/aromatic N) is 3. The van der Waals surface area contributed by atoms with Crippen molar-refractivity contribution >= 4 is 17.2 Å². The quantitative estimate of drug-likeness (QED) is 0.614. The van der Waals surface area contributed by atoms with E-state index in [0.29, 0.717) is 5.15 Å². The standard InChI is InChI=1S/C13H10ClN3/c1-9-4-2-5-10(8-9)13-16-15-12-7-3-6-11(14)17(12)13/h2-8H,1H3. The summed E-state index contributed by atoms with van der Waals surface area (Å²) in [7, 11) is 0. The van der Waals surface area contributed by atoms with Crippen LogP contribution in [0.2, 0.25) is 5.15 Å². The normalized spacial score (nSPS) is 10.9. The Balaban J connectivity index is 2.31. The van der Waals surface area contributed by atoms with E-state index in [-0.39, 0.29) is 0 Å². The molecule has 3 nitrogen and oxygen atoms in total. The van der Waals surface area contributed by atoms with Gasteiger partial charge in [0, 0.05) is 5.56 Å². The lowest BCUT2D eigenvalue weighted by atomic mass is 10.1. The van der Waals surface area contributed by atoms with Crippen molar-refractivity contribution in [2.75, 3.05) is 0 Å². The molecule has 0 saturated heterocycles. The number of aryl methyl sites for hydroxylation is 1. The van der Waals surface area contributed by atoms with Gasteiger partial charge in [-0.25, -0.2) is 0 Å². The van der Waals surface area contributed by atoms with E-state index in [9.17, 15) is 0 Å². The molecular formula is C13H10ClN3. The van der Waals surface area contributed by atoms with Crippen LogP contribution in [0, 0.1) is 6.92 Å². The Morgan fingerprint density at radius 3 is 2.71 bits per heavy atom. The Hall–Kier alpha value is -1.87. The van der Waals surface area contributed by atoms with Crippen molar-refractivity contribution in [1.82, 2.24) is 14.6 Å². The van der Waals surface area contributed by atoms with Crippen LogP contribution in [-0.2, 0) is 0 Å². The van der Waals surface area contributed by atoms with E-state index in [1.165, 1.54) is 5.56 Å². The number of benzene rings is 1. The Bertz CT molecular complexity index is 688. The molecule has 0 spiro atoms. The highest BCUT2D eigenvalue weighted by Crippen LogP contribution is 2.22. The predicted octanol–water partition coefficient (Wildman–Crippen LogP) is 3.36. The van der Waals surface area contributed by atoms with Crippen molar-refractivity contribution in [2.24, 2.45) is 0 Å². The highest BCUT2D eigenvalue weighted by atomic mass is 35.5. The molecule has 3 rings (SSSR count). The predicted molar refractivity (Wildman–Crippen MR) is 68.2 cm³/mol. The van der Waals surface area contributed by atoms with Gasteiger partial charge in [-0.1, -0.05) is 41.4 Å². The highest BCUT2D eigenvalue weighted by molar-refractivity contribution is 6.29. The van der Waals surface area contributed by atoms with Gasteiger partial charge in [0.15, 0.2) is 11.5 Å². The molecule has 0 N–H and O–H groups in total. The summed E-state index contributed by atoms with van der Waals surface area (Å²) < 4.78 is 1.84. The van der Waals surface area contributed by atoms with Crippen LogP contribution in [0.25, 0.3) is 17.0 Å². The van der Waals surface area contributed by atoms with E-state index >= 15 is 0 Å². The van der Waals surface area contributed by atoms with E-state index in [4.69, 9.17) is 11.6 Å². The van der Waals surface area contributed by atoms with Crippen molar-refractivity contribution in [3.63, 3.8) is 0 Å². The molecule has 0 atom stereocenters. The summed E-state index contributed by atoms with van der Waals surface area (Å²) in [5.41, 5.74) is 2.96. The van der Waals surface area contributed by atoms with Gasteiger partial charge in [0.05, 0.1) is 0 Å². The minimum Gasteiger partial charge on any atom is -0.265 e. The maximum atomic E-state index is 6.18. The number of rotatable bonds is 1. The number of pyridine rings is 1. The van der Waals surface area contributed by atoms with Gasteiger partial charge in [0.2, 0.25) is 0 Å². The zero-order valence-corrected chi connectivity index (χ0v) is 10.0. The average molecular weight is 244 g/mol. The first-order chi connectivity index (χ1) is 8.25. The number of fused-ring (bicyclic) bond motifs is 1. The zero-order valence-electron chi connectivity index (χ0n) is 9.26. The molecule has 0 saturated carbocycles. The van der Waals surface area contributed by atoms with Crippen LogP contribution >= 0.6 is 11.6 Å². The molecule has 0 aliphatic heterocycles. The molecule has 0 unspecified atom stereocenters. The maximum absolute atomic E-state index is 6.18. The van der Waals surface area contributed by atoms with Crippen LogP contribution in [0.15, 0.2) is 42.5 Å². The SMILES string of the molecule is Cc1cccc(-c2nnc3cccc(Cl)n23)c1. The second-order valence-electron chi connectivity index (χ2n) is 3.94. The molecule has 2 heterocycles. The van der Waals surface area contributed by atoms with Gasteiger partial charge in [-0.2, -0.15) is 0 Å². The van der Waals surface area contributed by atoms with Crippen LogP contribution < -0.4 is 0 Å². The van der Waals surface area contributed by atoms with Crippen molar-refractivity contribution in [3.05, 3.63) is 53.2 Å². The van der Waals surface area contributed by atoms with Crippen LogP contribution in [0.4, 0.5) is 0 Å². The summed E-state index contributed by atoms with van der Waals surface area (Å²) in [6, 6.07) is 13.7. The Kier molecular flexibility index (Phi) is 2.34. The maximum Gasteiger partial charge on any atom is 0.169 e. The third kappa shape index (κ3) is 1.68. The second kappa shape index (κ2) is 3.86. The number of hydrogen-bond acceptors (Lipinski definition) is 2. The fourth-order valence-electron chi connectivity index (χ4n) is 1.87. The van der Waals surface area contributed by atoms with Crippen molar-refractivity contribution in [3.8, 4) is 11.4 Å². The van der Waals surface area contributed by atoms with E-state index in [1.807, 2.05) is 47.7 Å². The minimum absolute atomic E-state index is 0.615. The summed E-state index contributed by atoms with van der Waals surface area (Å²) in [6.45, 7) is 2.05. The second-order valence-corrected chi connectivity index (χ2v) is 4.32. The highest BCUT2D eigenvalue weighted by Gasteiger charge is 2.09. The zero-order chi connectivity index (χ0) is 11.8. The fraction of sp³-hybridized carbons (Fsp3) is 0.0769. The van der Waals surface area contributed by atoms with Crippen molar-refractivity contribution in [2.45, 2.75) is 6.92 Å². The lowest BCUT2D eigenvalue weighted by Gasteiger charge is -2.02. The molecule has 0 radical (unpaired) electrons. The molecule has 2 aromatic heterocycles.